The van der Waals surface area contributed by atoms with Crippen molar-refractivity contribution in [1.82, 2.24) is 9.97 Å². The summed E-state index contributed by atoms with van der Waals surface area (Å²) in [5.41, 5.74) is 14.5. The Labute approximate surface area is 314 Å². The molecule has 1 spiro atoms. The second-order valence-electron chi connectivity index (χ2n) is 14.4. The average Bonchev–Trinajstić information content (AvgIpc) is 3.54. The lowest BCUT2D eigenvalue weighted by Crippen LogP contribution is -2.33. The molecule has 1 aromatic heterocycles. The fourth-order valence-corrected chi connectivity index (χ4v) is 9.10. The molecule has 0 fully saturated rings. The summed E-state index contributed by atoms with van der Waals surface area (Å²) in [7, 11) is 0. The maximum absolute atomic E-state index is 6.89. The minimum atomic E-state index is -0.412. The maximum atomic E-state index is 6.89. The van der Waals surface area contributed by atoms with Gasteiger partial charge in [0.1, 0.15) is 11.5 Å². The zero-order chi connectivity index (χ0) is 35.6. The predicted molar refractivity (Wildman–Crippen MR) is 219 cm³/mol. The molecule has 2 aliphatic carbocycles. The molecule has 11 rings (SSSR count). The highest BCUT2D eigenvalue weighted by Crippen LogP contribution is 2.63. The summed E-state index contributed by atoms with van der Waals surface area (Å²) in [6.45, 7) is 0. The summed E-state index contributed by atoms with van der Waals surface area (Å²) in [6.07, 6.45) is 6.70. The summed E-state index contributed by atoms with van der Waals surface area (Å²) < 4.78 is 6.89. The third kappa shape index (κ3) is 4.61. The summed E-state index contributed by atoms with van der Waals surface area (Å²) in [4.78, 5) is 10.4. The number of ether oxygens (including phenoxy) is 1. The van der Waals surface area contributed by atoms with Crippen LogP contribution in [0.3, 0.4) is 0 Å². The maximum Gasteiger partial charge on any atom is 0.160 e. The number of hydrogen-bond acceptors (Lipinski definition) is 3. The van der Waals surface area contributed by atoms with E-state index in [4.69, 9.17) is 14.7 Å². The van der Waals surface area contributed by atoms with Crippen molar-refractivity contribution in [2.75, 3.05) is 0 Å². The van der Waals surface area contributed by atoms with E-state index in [9.17, 15) is 0 Å². The molecule has 7 aromatic carbocycles. The SMILES string of the molecule is C1=CC2=C(CC1)C1(c3ccccc3Oc3cc(-c4ccccc4-c4cc(-c5ccc6ccccc6c5)nc(-c5ccccc5)n4)ccc31)c1ccccc12. The van der Waals surface area contributed by atoms with Gasteiger partial charge in [0, 0.05) is 27.8 Å². The molecule has 0 amide bonds. The van der Waals surface area contributed by atoms with Gasteiger partial charge in [-0.15, -0.1) is 0 Å². The highest BCUT2D eigenvalue weighted by molar-refractivity contribution is 5.93. The molecular formula is C51H34N2O. The number of benzene rings is 7. The van der Waals surface area contributed by atoms with E-state index < -0.39 is 5.41 Å². The van der Waals surface area contributed by atoms with Crippen molar-refractivity contribution in [2.24, 2.45) is 0 Å². The predicted octanol–water partition coefficient (Wildman–Crippen LogP) is 12.9. The molecule has 3 aliphatic rings. The quantitative estimate of drug-likeness (QED) is 0.184. The molecule has 0 saturated heterocycles. The molecule has 0 radical (unpaired) electrons. The Hall–Kier alpha value is -6.84. The van der Waals surface area contributed by atoms with Gasteiger partial charge < -0.3 is 4.74 Å². The Morgan fingerprint density at radius 1 is 0.463 bits per heavy atom. The van der Waals surface area contributed by atoms with Gasteiger partial charge in [0.05, 0.1) is 16.8 Å². The van der Waals surface area contributed by atoms with Crippen LogP contribution < -0.4 is 4.74 Å². The van der Waals surface area contributed by atoms with Gasteiger partial charge in [0.15, 0.2) is 5.82 Å². The first kappa shape index (κ1) is 30.8. The number of fused-ring (bicyclic) bond motifs is 9. The highest BCUT2D eigenvalue weighted by Gasteiger charge is 2.51. The van der Waals surface area contributed by atoms with Crippen molar-refractivity contribution >= 4 is 16.3 Å². The van der Waals surface area contributed by atoms with Crippen molar-refractivity contribution in [3.63, 3.8) is 0 Å². The van der Waals surface area contributed by atoms with Crippen molar-refractivity contribution in [3.05, 3.63) is 210 Å². The van der Waals surface area contributed by atoms with E-state index in [1.54, 1.807) is 0 Å². The number of allylic oxidation sites excluding steroid dienone is 4. The van der Waals surface area contributed by atoms with Crippen LogP contribution in [-0.2, 0) is 5.41 Å². The zero-order valence-corrected chi connectivity index (χ0v) is 29.5. The Bertz CT molecular complexity index is 2870. The minimum Gasteiger partial charge on any atom is -0.457 e. The van der Waals surface area contributed by atoms with Crippen molar-refractivity contribution in [1.29, 1.82) is 0 Å². The van der Waals surface area contributed by atoms with Gasteiger partial charge >= 0.3 is 0 Å². The highest BCUT2D eigenvalue weighted by atomic mass is 16.5. The van der Waals surface area contributed by atoms with Crippen molar-refractivity contribution < 1.29 is 4.74 Å². The lowest BCUT2D eigenvalue weighted by Gasteiger charge is -2.41. The lowest BCUT2D eigenvalue weighted by molar-refractivity contribution is 0.432. The van der Waals surface area contributed by atoms with Crippen LogP contribution in [0.1, 0.15) is 35.1 Å². The van der Waals surface area contributed by atoms with Crippen LogP contribution in [-0.4, -0.2) is 9.97 Å². The second-order valence-corrected chi connectivity index (χ2v) is 14.4. The van der Waals surface area contributed by atoms with Gasteiger partial charge in [-0.1, -0.05) is 158 Å². The molecule has 2 heterocycles. The standard InChI is InChI=1S/C51H34N2O/c1-2-15-34(16-3-1)50-52-46(37-27-26-33-14-4-5-17-35(33)30-37)32-47(53-50)41-21-7-6-18-38(41)36-28-29-45-49(31-36)54-48-25-13-12-24-44(48)51(45)42-22-10-8-19-39(42)40-20-9-11-23-43(40)51/h1-10,12-22,24-32H,11,23H2. The fraction of sp³-hybridized carbons (Fsp3) is 0.0588. The monoisotopic (exact) mass is 690 g/mol. The van der Waals surface area contributed by atoms with Crippen molar-refractivity contribution in [3.8, 4) is 56.5 Å². The van der Waals surface area contributed by atoms with E-state index in [0.29, 0.717) is 5.82 Å². The van der Waals surface area contributed by atoms with E-state index in [0.717, 1.165) is 63.5 Å². The summed E-state index contributed by atoms with van der Waals surface area (Å²) >= 11 is 0. The van der Waals surface area contributed by atoms with Crippen LogP contribution in [0.15, 0.2) is 188 Å². The molecular weight excluding hydrogens is 657 g/mol. The van der Waals surface area contributed by atoms with Crippen LogP contribution in [0.2, 0.25) is 0 Å². The Morgan fingerprint density at radius 2 is 1.15 bits per heavy atom. The lowest BCUT2D eigenvalue weighted by atomic mass is 9.64. The molecule has 254 valence electrons. The number of aromatic nitrogens is 2. The molecule has 1 atom stereocenters. The molecule has 3 heteroatoms. The van der Waals surface area contributed by atoms with Crippen LogP contribution in [0.25, 0.3) is 61.4 Å². The third-order valence-corrected chi connectivity index (χ3v) is 11.5. The summed E-state index contributed by atoms with van der Waals surface area (Å²) in [5, 5.41) is 2.39. The molecule has 0 saturated carbocycles. The molecule has 1 unspecified atom stereocenters. The van der Waals surface area contributed by atoms with Gasteiger partial charge in [0.25, 0.3) is 0 Å². The number of hydrogen-bond donors (Lipinski definition) is 0. The van der Waals surface area contributed by atoms with Gasteiger partial charge in [-0.3, -0.25) is 0 Å². The van der Waals surface area contributed by atoms with Gasteiger partial charge in [-0.25, -0.2) is 9.97 Å². The van der Waals surface area contributed by atoms with Gasteiger partial charge in [0.2, 0.25) is 0 Å². The Morgan fingerprint density at radius 3 is 2.04 bits per heavy atom. The zero-order valence-electron chi connectivity index (χ0n) is 29.5. The topological polar surface area (TPSA) is 35.0 Å². The summed E-state index contributed by atoms with van der Waals surface area (Å²) in [5.74, 6) is 2.50. The van der Waals surface area contributed by atoms with Crippen LogP contribution in [0.5, 0.6) is 11.5 Å². The average molecular weight is 691 g/mol. The van der Waals surface area contributed by atoms with E-state index in [1.165, 1.54) is 44.2 Å². The first-order valence-electron chi connectivity index (χ1n) is 18.7. The minimum absolute atomic E-state index is 0.412. The van der Waals surface area contributed by atoms with Gasteiger partial charge in [-0.05, 0) is 81.3 Å². The number of rotatable bonds is 4. The van der Waals surface area contributed by atoms with E-state index in [2.05, 4.69) is 164 Å². The number of para-hydroxylation sites is 1. The molecule has 0 N–H and O–H groups in total. The molecule has 54 heavy (non-hydrogen) atoms. The molecule has 1 aliphatic heterocycles. The Balaban J connectivity index is 1.10. The first-order valence-corrected chi connectivity index (χ1v) is 18.7. The first-order chi connectivity index (χ1) is 26.8. The second kappa shape index (κ2) is 12.1. The summed E-state index contributed by atoms with van der Waals surface area (Å²) in [6, 6.07) is 60.4. The normalized spacial score (nSPS) is 16.4. The van der Waals surface area contributed by atoms with E-state index in [-0.39, 0.29) is 0 Å². The van der Waals surface area contributed by atoms with Crippen LogP contribution >= 0.6 is 0 Å². The van der Waals surface area contributed by atoms with Crippen molar-refractivity contribution in [2.45, 2.75) is 18.3 Å². The molecule has 0 bridgehead atoms. The Kier molecular flexibility index (Phi) is 6.90. The fourth-order valence-electron chi connectivity index (χ4n) is 9.10. The smallest absolute Gasteiger partial charge is 0.160 e. The molecule has 8 aromatic rings. The third-order valence-electron chi connectivity index (χ3n) is 11.5. The largest absolute Gasteiger partial charge is 0.457 e. The van der Waals surface area contributed by atoms with E-state index in [1.807, 2.05) is 18.2 Å². The number of nitrogens with zero attached hydrogens (tertiary/aromatic N) is 2. The van der Waals surface area contributed by atoms with Gasteiger partial charge in [-0.2, -0.15) is 0 Å². The van der Waals surface area contributed by atoms with E-state index >= 15 is 0 Å². The van der Waals surface area contributed by atoms with Crippen LogP contribution in [0.4, 0.5) is 0 Å². The molecule has 3 nitrogen and oxygen atoms in total. The van der Waals surface area contributed by atoms with Crippen LogP contribution in [0, 0.1) is 0 Å².